The van der Waals surface area contributed by atoms with Crippen molar-refractivity contribution in [1.29, 1.82) is 0 Å². The van der Waals surface area contributed by atoms with Gasteiger partial charge in [0, 0.05) is 41.3 Å². The summed E-state index contributed by atoms with van der Waals surface area (Å²) >= 11 is 3.43. The molecule has 3 rings (SSSR count). The molecule has 0 unspecified atom stereocenters. The third kappa shape index (κ3) is 5.44. The maximum absolute atomic E-state index is 12.8. The molecule has 2 aromatic rings. The molecule has 0 spiro atoms. The normalized spacial score (nSPS) is 14.9. The van der Waals surface area contributed by atoms with Gasteiger partial charge >= 0.3 is 0 Å². The lowest BCUT2D eigenvalue weighted by Crippen LogP contribution is -2.38. The van der Waals surface area contributed by atoms with Gasteiger partial charge in [0.15, 0.2) is 0 Å². The Kier molecular flexibility index (Phi) is 7.06. The summed E-state index contributed by atoms with van der Waals surface area (Å²) in [5.41, 5.74) is 3.13. The second-order valence-corrected chi connectivity index (χ2v) is 8.98. The van der Waals surface area contributed by atoms with Crippen molar-refractivity contribution in [2.75, 3.05) is 19.6 Å². The van der Waals surface area contributed by atoms with Crippen molar-refractivity contribution in [3.63, 3.8) is 0 Å². The largest absolute Gasteiger partial charge is 0.352 e. The number of carbonyl (C=O) groups is 2. The topological polar surface area (TPSA) is 62.3 Å². The number of nitrogens with one attached hydrogen (secondary N) is 1. The molecule has 1 aromatic heterocycles. The maximum Gasteiger partial charge on any atom is 0.253 e. The van der Waals surface area contributed by atoms with E-state index < -0.39 is 0 Å². The number of rotatable bonds is 5. The van der Waals surface area contributed by atoms with Gasteiger partial charge in [-0.2, -0.15) is 0 Å². The fraction of sp³-hybridized carbons (Fsp3) is 0.435. The molecule has 29 heavy (non-hydrogen) atoms. The van der Waals surface area contributed by atoms with Gasteiger partial charge in [0.05, 0.1) is 11.3 Å². The minimum atomic E-state index is -0.0613. The Bertz CT molecular complexity index is 889. The maximum atomic E-state index is 12.8. The highest BCUT2D eigenvalue weighted by Crippen LogP contribution is 2.30. The number of hydrogen-bond acceptors (Lipinski definition) is 3. The van der Waals surface area contributed by atoms with Crippen LogP contribution in [0, 0.1) is 12.8 Å². The van der Waals surface area contributed by atoms with Crippen molar-refractivity contribution < 1.29 is 9.59 Å². The first kappa shape index (κ1) is 21.5. The van der Waals surface area contributed by atoms with E-state index in [9.17, 15) is 9.59 Å². The van der Waals surface area contributed by atoms with E-state index in [1.807, 2.05) is 48.2 Å². The third-order valence-electron chi connectivity index (χ3n) is 5.22. The monoisotopic (exact) mass is 457 g/mol. The Morgan fingerprint density at radius 1 is 1.21 bits per heavy atom. The first-order valence-electron chi connectivity index (χ1n) is 10.2. The van der Waals surface area contributed by atoms with Crippen LogP contribution in [0.3, 0.4) is 0 Å². The zero-order valence-electron chi connectivity index (χ0n) is 17.2. The number of benzene rings is 1. The molecule has 1 aliphatic rings. The van der Waals surface area contributed by atoms with Crippen LogP contribution in [0.5, 0.6) is 0 Å². The molecule has 2 heterocycles. The van der Waals surface area contributed by atoms with Gasteiger partial charge in [-0.1, -0.05) is 35.8 Å². The summed E-state index contributed by atoms with van der Waals surface area (Å²) < 4.78 is 0.902. The number of aromatic nitrogens is 1. The molecule has 5 nitrogen and oxygen atoms in total. The second-order valence-electron chi connectivity index (χ2n) is 8.07. The summed E-state index contributed by atoms with van der Waals surface area (Å²) in [5, 5.41) is 3.00. The summed E-state index contributed by atoms with van der Waals surface area (Å²) in [6.45, 7) is 8.08. The molecule has 1 aliphatic heterocycles. The van der Waals surface area contributed by atoms with E-state index >= 15 is 0 Å². The number of halogens is 1. The van der Waals surface area contributed by atoms with Crippen LogP contribution in [0.15, 0.2) is 40.9 Å². The molecule has 0 saturated carbocycles. The Balaban J connectivity index is 1.71. The van der Waals surface area contributed by atoms with Gasteiger partial charge in [0.2, 0.25) is 0 Å². The molecule has 1 aromatic carbocycles. The molecule has 1 fully saturated rings. The van der Waals surface area contributed by atoms with E-state index in [1.54, 1.807) is 0 Å². The number of piperidine rings is 1. The van der Waals surface area contributed by atoms with Crippen LogP contribution in [-0.2, 0) is 0 Å². The summed E-state index contributed by atoms with van der Waals surface area (Å²) in [6.07, 6.45) is 1.61. The minimum absolute atomic E-state index is 0.0526. The highest BCUT2D eigenvalue weighted by molar-refractivity contribution is 9.10. The van der Waals surface area contributed by atoms with E-state index in [0.717, 1.165) is 28.7 Å². The molecule has 0 atom stereocenters. The highest BCUT2D eigenvalue weighted by atomic mass is 79.9. The highest BCUT2D eigenvalue weighted by Gasteiger charge is 2.28. The van der Waals surface area contributed by atoms with Crippen molar-refractivity contribution in [2.45, 2.75) is 39.5 Å². The van der Waals surface area contributed by atoms with Gasteiger partial charge in [-0.05, 0) is 56.0 Å². The first-order chi connectivity index (χ1) is 13.8. The van der Waals surface area contributed by atoms with Gasteiger partial charge in [0.1, 0.15) is 0 Å². The average molecular weight is 458 g/mol. The van der Waals surface area contributed by atoms with E-state index in [4.69, 9.17) is 4.98 Å². The molecule has 1 saturated heterocycles. The molecule has 0 aliphatic carbocycles. The van der Waals surface area contributed by atoms with Crippen LogP contribution in [0.25, 0.3) is 0 Å². The van der Waals surface area contributed by atoms with Gasteiger partial charge in [-0.25, -0.2) is 0 Å². The van der Waals surface area contributed by atoms with Crippen molar-refractivity contribution in [2.24, 2.45) is 5.92 Å². The van der Waals surface area contributed by atoms with Crippen LogP contribution in [0.2, 0.25) is 0 Å². The SMILES string of the molecule is Cc1ccc(C(=O)NCC(C)C)c(C2CCN(C(=O)c3cccc(Br)c3)CC2)n1. The molecular formula is C23H28BrN3O2. The van der Waals surface area contributed by atoms with Crippen LogP contribution in [-0.4, -0.2) is 41.3 Å². The third-order valence-corrected chi connectivity index (χ3v) is 5.71. The fourth-order valence-electron chi connectivity index (χ4n) is 3.63. The molecule has 0 bridgehead atoms. The van der Waals surface area contributed by atoms with Crippen LogP contribution < -0.4 is 5.32 Å². The van der Waals surface area contributed by atoms with Crippen molar-refractivity contribution in [3.8, 4) is 0 Å². The summed E-state index contributed by atoms with van der Waals surface area (Å²) in [6, 6.07) is 11.3. The predicted octanol–water partition coefficient (Wildman–Crippen LogP) is 4.56. The number of aryl methyl sites for hydroxylation is 1. The smallest absolute Gasteiger partial charge is 0.253 e. The molecular weight excluding hydrogens is 430 g/mol. The van der Waals surface area contributed by atoms with Gasteiger partial charge in [0.25, 0.3) is 11.8 Å². The number of amides is 2. The Morgan fingerprint density at radius 2 is 1.93 bits per heavy atom. The zero-order valence-corrected chi connectivity index (χ0v) is 18.8. The quantitative estimate of drug-likeness (QED) is 0.715. The zero-order chi connectivity index (χ0) is 21.0. The fourth-order valence-corrected chi connectivity index (χ4v) is 4.03. The van der Waals surface area contributed by atoms with Crippen molar-refractivity contribution >= 4 is 27.7 Å². The second kappa shape index (κ2) is 9.53. The van der Waals surface area contributed by atoms with Crippen LogP contribution in [0.4, 0.5) is 0 Å². The number of likely N-dealkylation sites (tertiary alicyclic amines) is 1. The van der Waals surface area contributed by atoms with Gasteiger partial charge < -0.3 is 10.2 Å². The molecule has 154 valence electrons. The number of nitrogens with zero attached hydrogens (tertiary/aromatic N) is 2. The summed E-state index contributed by atoms with van der Waals surface area (Å²) in [7, 11) is 0. The molecule has 2 amide bonds. The van der Waals surface area contributed by atoms with E-state index in [0.29, 0.717) is 36.7 Å². The first-order valence-corrected chi connectivity index (χ1v) is 10.9. The standard InChI is InChI=1S/C23H28BrN3O2/c1-15(2)14-25-22(28)20-8-7-16(3)26-21(20)17-9-11-27(12-10-17)23(29)18-5-4-6-19(24)13-18/h4-8,13,15,17H,9-12,14H2,1-3H3,(H,25,28). The van der Waals surface area contributed by atoms with E-state index in [2.05, 4.69) is 35.1 Å². The van der Waals surface area contributed by atoms with Crippen LogP contribution >= 0.6 is 15.9 Å². The average Bonchev–Trinajstić information content (AvgIpc) is 2.71. The number of pyridine rings is 1. The van der Waals surface area contributed by atoms with Gasteiger partial charge in [-0.3, -0.25) is 14.6 Å². The Morgan fingerprint density at radius 3 is 2.59 bits per heavy atom. The summed E-state index contributed by atoms with van der Waals surface area (Å²) in [4.78, 5) is 32.1. The minimum Gasteiger partial charge on any atom is -0.352 e. The number of carbonyl (C=O) groups excluding carboxylic acids is 2. The summed E-state index contributed by atoms with van der Waals surface area (Å²) in [5.74, 6) is 0.569. The van der Waals surface area contributed by atoms with Crippen molar-refractivity contribution in [3.05, 3.63) is 63.4 Å². The van der Waals surface area contributed by atoms with Crippen molar-refractivity contribution in [1.82, 2.24) is 15.2 Å². The predicted molar refractivity (Wildman–Crippen MR) is 118 cm³/mol. The molecule has 6 heteroatoms. The van der Waals surface area contributed by atoms with E-state index in [1.165, 1.54) is 0 Å². The van der Waals surface area contributed by atoms with E-state index in [-0.39, 0.29) is 17.7 Å². The lowest BCUT2D eigenvalue weighted by molar-refractivity contribution is 0.0710. The van der Waals surface area contributed by atoms with Crippen LogP contribution in [0.1, 0.15) is 64.7 Å². The number of hydrogen-bond donors (Lipinski definition) is 1. The Hall–Kier alpha value is -2.21. The van der Waals surface area contributed by atoms with Gasteiger partial charge in [-0.15, -0.1) is 0 Å². The lowest BCUT2D eigenvalue weighted by atomic mass is 9.89. The molecule has 0 radical (unpaired) electrons. The lowest BCUT2D eigenvalue weighted by Gasteiger charge is -2.32. The molecule has 1 N–H and O–H groups in total. The Labute approximate surface area is 181 Å².